The van der Waals surface area contributed by atoms with Crippen LogP contribution in [0.5, 0.6) is 0 Å². The van der Waals surface area contributed by atoms with Crippen LogP contribution in [0, 0.1) is 44.8 Å². The maximum Gasteiger partial charge on any atom is 0.190 e. The van der Waals surface area contributed by atoms with Crippen molar-refractivity contribution in [1.82, 2.24) is 5.32 Å². The fourth-order valence-corrected chi connectivity index (χ4v) is 2.19. The highest BCUT2D eigenvalue weighted by Gasteiger charge is 2.62. The molecule has 0 aromatic heterocycles. The van der Waals surface area contributed by atoms with Gasteiger partial charge in [-0.2, -0.15) is 15.8 Å². The highest BCUT2D eigenvalue weighted by Crippen LogP contribution is 2.53. The Balaban J connectivity index is 3.74. The maximum absolute atomic E-state index is 10.2. The van der Waals surface area contributed by atoms with Gasteiger partial charge in [0.25, 0.3) is 0 Å². The van der Waals surface area contributed by atoms with E-state index in [1.165, 1.54) is 20.8 Å². The summed E-state index contributed by atoms with van der Waals surface area (Å²) in [5.41, 5.74) is -4.73. The van der Waals surface area contributed by atoms with Crippen LogP contribution in [0.4, 0.5) is 0 Å². The van der Waals surface area contributed by atoms with Crippen LogP contribution < -0.4 is 5.32 Å². The normalized spacial score (nSPS) is 29.5. The lowest BCUT2D eigenvalue weighted by Gasteiger charge is -2.50. The van der Waals surface area contributed by atoms with Crippen molar-refractivity contribution in [1.29, 1.82) is 15.8 Å². The van der Waals surface area contributed by atoms with E-state index < -0.39 is 16.6 Å². The predicted octanol–water partition coefficient (Wildman–Crippen LogP) is 1.33. The van der Waals surface area contributed by atoms with Gasteiger partial charge in [-0.15, -0.1) is 0 Å². The van der Waals surface area contributed by atoms with Crippen molar-refractivity contribution in [3.05, 3.63) is 10.7 Å². The average Bonchev–Trinajstić information content (AvgIpc) is 2.22. The quantitative estimate of drug-likeness (QED) is 0.631. The second kappa shape index (κ2) is 3.64. The van der Waals surface area contributed by atoms with Gasteiger partial charge in [0.2, 0.25) is 0 Å². The van der Waals surface area contributed by atoms with Crippen LogP contribution in [-0.4, -0.2) is 10.8 Å². The molecule has 0 fully saturated rings. The molecule has 0 radical (unpaired) electrons. The first-order valence-corrected chi connectivity index (χ1v) is 5.21. The molecule has 5 nitrogen and oxygen atoms in total. The molecular weight excluding hydrogens is 240 g/mol. The number of hydrogen-bond donors (Lipinski definition) is 2. The zero-order valence-corrected chi connectivity index (χ0v) is 10.4. The second-order valence-corrected chi connectivity index (χ2v) is 4.97. The van der Waals surface area contributed by atoms with Gasteiger partial charge in [-0.1, -0.05) is 25.4 Å². The van der Waals surface area contributed by atoms with Crippen molar-refractivity contribution in [2.45, 2.75) is 26.5 Å². The summed E-state index contributed by atoms with van der Waals surface area (Å²) >= 11 is 5.82. The van der Waals surface area contributed by atoms with E-state index in [-0.39, 0.29) is 10.7 Å². The fraction of sp³-hybridized carbons (Fsp3) is 0.545. The number of nitrogens with one attached hydrogen (secondary N) is 1. The molecule has 1 aliphatic rings. The van der Waals surface area contributed by atoms with E-state index in [4.69, 9.17) is 16.9 Å². The van der Waals surface area contributed by atoms with Gasteiger partial charge in [0.05, 0.1) is 17.7 Å². The number of allylic oxidation sites excluding steroid dienone is 1. The summed E-state index contributed by atoms with van der Waals surface area (Å²) in [6.07, 6.45) is 0. The van der Waals surface area contributed by atoms with E-state index in [2.05, 4.69) is 5.32 Å². The van der Waals surface area contributed by atoms with Gasteiger partial charge in [0.15, 0.2) is 5.41 Å². The largest absolute Gasteiger partial charge is 0.371 e. The van der Waals surface area contributed by atoms with Crippen molar-refractivity contribution in [2.24, 2.45) is 10.8 Å². The van der Waals surface area contributed by atoms with Crippen LogP contribution in [0.15, 0.2) is 10.7 Å². The highest BCUT2D eigenvalue weighted by molar-refractivity contribution is 6.30. The van der Waals surface area contributed by atoms with Crippen molar-refractivity contribution in [2.75, 3.05) is 0 Å². The summed E-state index contributed by atoms with van der Waals surface area (Å²) < 4.78 is 0. The Kier molecular flexibility index (Phi) is 2.85. The third-order valence-corrected chi connectivity index (χ3v) is 3.83. The molecule has 6 heteroatoms. The van der Waals surface area contributed by atoms with Crippen LogP contribution in [0.3, 0.4) is 0 Å². The number of hydrogen-bond acceptors (Lipinski definition) is 5. The van der Waals surface area contributed by atoms with Crippen molar-refractivity contribution < 1.29 is 5.11 Å². The Bertz CT molecular complexity index is 499. The van der Waals surface area contributed by atoms with Crippen molar-refractivity contribution in [3.8, 4) is 18.2 Å². The first kappa shape index (κ1) is 13.3. The van der Waals surface area contributed by atoms with Crippen LogP contribution in [0.25, 0.3) is 0 Å². The first-order valence-electron chi connectivity index (χ1n) is 4.83. The van der Waals surface area contributed by atoms with Gasteiger partial charge in [0.1, 0.15) is 17.0 Å². The van der Waals surface area contributed by atoms with E-state index in [9.17, 15) is 15.6 Å². The number of halogens is 1. The minimum atomic E-state index is -1.78. The average molecular weight is 251 g/mol. The molecule has 1 atom stereocenters. The monoisotopic (exact) mass is 250 g/mol. The molecule has 1 rings (SSSR count). The Hall–Kier alpha value is -1.74. The Labute approximate surface area is 105 Å². The van der Waals surface area contributed by atoms with E-state index in [1.54, 1.807) is 6.07 Å². The highest BCUT2D eigenvalue weighted by atomic mass is 35.5. The van der Waals surface area contributed by atoms with E-state index in [0.717, 1.165) is 0 Å². The van der Waals surface area contributed by atoms with Gasteiger partial charge in [-0.3, -0.25) is 0 Å². The molecular formula is C11H11ClN4O. The lowest BCUT2D eigenvalue weighted by molar-refractivity contribution is -0.106. The molecule has 0 aliphatic carbocycles. The third-order valence-electron chi connectivity index (χ3n) is 3.55. The molecule has 0 bridgehead atoms. The van der Waals surface area contributed by atoms with Crippen molar-refractivity contribution in [3.63, 3.8) is 0 Å². The number of nitriles is 3. The SMILES string of the molecule is CC1(O)NC(Cl)=C(C#N)C(C#N)(C#N)C1(C)C. The number of rotatable bonds is 0. The van der Waals surface area contributed by atoms with Crippen molar-refractivity contribution >= 4 is 11.6 Å². The summed E-state index contributed by atoms with van der Waals surface area (Å²) in [6.45, 7) is 4.48. The van der Waals surface area contributed by atoms with E-state index in [1.807, 2.05) is 12.1 Å². The molecule has 0 saturated heterocycles. The fourth-order valence-electron chi connectivity index (χ4n) is 1.82. The van der Waals surface area contributed by atoms with Crippen LogP contribution in [0.2, 0.25) is 0 Å². The zero-order chi connectivity index (χ0) is 13.5. The Morgan fingerprint density at radius 2 is 1.65 bits per heavy atom. The summed E-state index contributed by atoms with van der Waals surface area (Å²) in [7, 11) is 0. The summed E-state index contributed by atoms with van der Waals surface area (Å²) in [6, 6.07) is 5.41. The molecule has 1 unspecified atom stereocenters. The van der Waals surface area contributed by atoms with E-state index >= 15 is 0 Å². The molecule has 2 N–H and O–H groups in total. The Morgan fingerprint density at radius 3 is 2.00 bits per heavy atom. The lowest BCUT2D eigenvalue weighted by Crippen LogP contribution is -2.63. The zero-order valence-electron chi connectivity index (χ0n) is 9.67. The summed E-state index contributed by atoms with van der Waals surface area (Å²) in [5.74, 6) is 0. The standard InChI is InChI=1S/C11H11ClN4O/c1-9(2)10(3,17)16-8(12)7(4-13)11(9,5-14)6-15/h16-17H,1-3H3. The van der Waals surface area contributed by atoms with Gasteiger partial charge >= 0.3 is 0 Å². The summed E-state index contributed by atoms with van der Waals surface area (Å²) in [4.78, 5) is 0. The Morgan fingerprint density at radius 1 is 1.18 bits per heavy atom. The van der Waals surface area contributed by atoms with E-state index in [0.29, 0.717) is 0 Å². The first-order chi connectivity index (χ1) is 7.70. The molecule has 0 aromatic rings. The number of nitrogens with zero attached hydrogens (tertiary/aromatic N) is 3. The molecule has 0 saturated carbocycles. The lowest BCUT2D eigenvalue weighted by atomic mass is 9.57. The second-order valence-electron chi connectivity index (χ2n) is 4.60. The topological polar surface area (TPSA) is 104 Å². The maximum atomic E-state index is 10.2. The van der Waals surface area contributed by atoms with Crippen LogP contribution in [-0.2, 0) is 0 Å². The van der Waals surface area contributed by atoms with Crippen LogP contribution in [0.1, 0.15) is 20.8 Å². The number of aliphatic hydroxyl groups is 1. The molecule has 0 spiro atoms. The molecule has 1 aliphatic heterocycles. The molecule has 0 amide bonds. The predicted molar refractivity (Wildman–Crippen MR) is 59.7 cm³/mol. The summed E-state index contributed by atoms with van der Waals surface area (Å²) in [5, 5.41) is 40.2. The van der Waals surface area contributed by atoms with Gasteiger partial charge < -0.3 is 10.4 Å². The molecule has 1 heterocycles. The van der Waals surface area contributed by atoms with Gasteiger partial charge in [-0.05, 0) is 6.92 Å². The molecule has 17 heavy (non-hydrogen) atoms. The van der Waals surface area contributed by atoms with Crippen LogP contribution >= 0.6 is 11.6 Å². The van der Waals surface area contributed by atoms with Gasteiger partial charge in [-0.25, -0.2) is 0 Å². The van der Waals surface area contributed by atoms with Gasteiger partial charge in [0, 0.05) is 5.41 Å². The minimum absolute atomic E-state index is 0.166. The molecule has 0 aromatic carbocycles. The minimum Gasteiger partial charge on any atom is -0.371 e. The third kappa shape index (κ3) is 1.39. The molecule has 88 valence electrons. The smallest absolute Gasteiger partial charge is 0.190 e.